The molecular formula is C25H45N7O8S. The highest BCUT2D eigenvalue weighted by Gasteiger charge is 2.38. The first-order chi connectivity index (χ1) is 19.3. The number of carboxylic acid groups (broad SMARTS) is 1. The molecule has 41 heavy (non-hydrogen) atoms. The molecule has 0 aromatic rings. The van der Waals surface area contributed by atoms with Gasteiger partial charge in [0.2, 0.25) is 29.5 Å². The maximum absolute atomic E-state index is 13.2. The zero-order valence-electron chi connectivity index (χ0n) is 23.8. The van der Waals surface area contributed by atoms with Crippen molar-refractivity contribution in [3.8, 4) is 0 Å². The third-order valence-corrected chi connectivity index (χ3v) is 7.12. The van der Waals surface area contributed by atoms with Crippen LogP contribution in [0, 0.1) is 5.92 Å². The van der Waals surface area contributed by atoms with Gasteiger partial charge in [-0.05, 0) is 51.5 Å². The molecule has 0 aromatic heterocycles. The number of carboxylic acids is 1. The molecule has 0 saturated carbocycles. The van der Waals surface area contributed by atoms with Gasteiger partial charge in [-0.1, -0.05) is 13.8 Å². The Kier molecular flexibility index (Phi) is 15.6. The zero-order chi connectivity index (χ0) is 31.3. The Balaban J connectivity index is 2.86. The molecule has 5 amide bonds. The van der Waals surface area contributed by atoms with E-state index in [4.69, 9.17) is 11.5 Å². The molecule has 1 rings (SSSR count). The predicted octanol–water partition coefficient (Wildman–Crippen LogP) is -2.94. The van der Waals surface area contributed by atoms with E-state index in [-0.39, 0.29) is 18.7 Å². The minimum absolute atomic E-state index is 0.0169. The molecule has 10 N–H and O–H groups in total. The quantitative estimate of drug-likeness (QED) is 0.0604. The Morgan fingerprint density at radius 3 is 2.15 bits per heavy atom. The molecule has 1 aliphatic rings. The first kappa shape index (κ1) is 36.1. The molecular weight excluding hydrogens is 558 g/mol. The lowest BCUT2D eigenvalue weighted by molar-refractivity contribution is -0.145. The van der Waals surface area contributed by atoms with E-state index in [1.54, 1.807) is 13.8 Å². The van der Waals surface area contributed by atoms with Gasteiger partial charge in [0.25, 0.3) is 0 Å². The fraction of sp³-hybridized carbons (Fsp3) is 0.760. The van der Waals surface area contributed by atoms with Crippen molar-refractivity contribution >= 4 is 48.1 Å². The fourth-order valence-electron chi connectivity index (χ4n) is 4.28. The molecule has 0 spiro atoms. The van der Waals surface area contributed by atoms with Crippen LogP contribution >= 0.6 is 12.6 Å². The average molecular weight is 604 g/mol. The lowest BCUT2D eigenvalue weighted by Gasteiger charge is -2.30. The summed E-state index contributed by atoms with van der Waals surface area (Å²) in [6.45, 7) is 4.67. The minimum Gasteiger partial charge on any atom is -0.480 e. The van der Waals surface area contributed by atoms with Crippen LogP contribution in [0.2, 0.25) is 0 Å². The molecule has 0 aromatic carbocycles. The van der Waals surface area contributed by atoms with E-state index >= 15 is 0 Å². The highest BCUT2D eigenvalue weighted by molar-refractivity contribution is 7.80. The monoisotopic (exact) mass is 603 g/mol. The Bertz CT molecular complexity index is 938. The van der Waals surface area contributed by atoms with E-state index in [2.05, 4.69) is 33.9 Å². The van der Waals surface area contributed by atoms with Crippen molar-refractivity contribution in [2.75, 3.05) is 25.4 Å². The van der Waals surface area contributed by atoms with Gasteiger partial charge in [0.1, 0.15) is 30.2 Å². The van der Waals surface area contributed by atoms with Crippen molar-refractivity contribution < 1.29 is 39.0 Å². The fourth-order valence-corrected chi connectivity index (χ4v) is 4.45. The van der Waals surface area contributed by atoms with Crippen molar-refractivity contribution in [3.63, 3.8) is 0 Å². The Morgan fingerprint density at radius 1 is 0.951 bits per heavy atom. The molecule has 16 heteroatoms. The number of unbranched alkanes of at least 4 members (excludes halogenated alkanes) is 1. The van der Waals surface area contributed by atoms with Crippen LogP contribution in [0.1, 0.15) is 52.9 Å². The van der Waals surface area contributed by atoms with Crippen LogP contribution in [0.3, 0.4) is 0 Å². The molecule has 234 valence electrons. The molecule has 0 bridgehead atoms. The van der Waals surface area contributed by atoms with Gasteiger partial charge in [0, 0.05) is 12.3 Å². The summed E-state index contributed by atoms with van der Waals surface area (Å²) in [5.41, 5.74) is 11.0. The van der Waals surface area contributed by atoms with E-state index in [0.29, 0.717) is 32.2 Å². The second-order valence-corrected chi connectivity index (χ2v) is 10.7. The summed E-state index contributed by atoms with van der Waals surface area (Å²) in [6, 6.07) is -6.56. The first-order valence-electron chi connectivity index (χ1n) is 13.7. The topological polar surface area (TPSA) is 246 Å². The normalized spacial score (nSPS) is 18.5. The van der Waals surface area contributed by atoms with Crippen molar-refractivity contribution in [2.45, 2.75) is 89.1 Å². The largest absolute Gasteiger partial charge is 0.480 e. The van der Waals surface area contributed by atoms with Crippen LogP contribution < -0.4 is 32.7 Å². The smallest absolute Gasteiger partial charge is 0.326 e. The number of aliphatic hydroxyl groups is 1. The van der Waals surface area contributed by atoms with Gasteiger partial charge in [0.15, 0.2) is 0 Å². The van der Waals surface area contributed by atoms with Gasteiger partial charge in [-0.2, -0.15) is 12.6 Å². The number of hydrogen-bond acceptors (Lipinski definition) is 10. The number of thiol groups is 1. The molecule has 1 saturated heterocycles. The van der Waals surface area contributed by atoms with Crippen molar-refractivity contribution in [1.29, 1.82) is 0 Å². The average Bonchev–Trinajstić information content (AvgIpc) is 3.42. The number of likely N-dealkylation sites (tertiary alicyclic amines) is 1. The summed E-state index contributed by atoms with van der Waals surface area (Å²) in [6.07, 6.45) is 2.19. The second kappa shape index (κ2) is 17.8. The molecule has 15 nitrogen and oxygen atoms in total. The molecule has 6 atom stereocenters. The van der Waals surface area contributed by atoms with E-state index in [0.717, 1.165) is 0 Å². The van der Waals surface area contributed by atoms with Gasteiger partial charge in [-0.25, -0.2) is 4.79 Å². The standard InChI is InChI=1S/C25H45N7O8S/c1-13(2)19(31-21(35)17(11-33)30-20(34)15(27)12-41)23(37)28-14(3)24(38)32-10-6-8-18(32)22(36)29-16(25(39)40)7-4-5-9-26/h13-19,33,41H,4-12,26-27H2,1-3H3,(H,28,37)(H,29,36)(H,30,34)(H,31,35)(H,39,40)/t14-,15-,16-,17-,18-,19-/m0/s1. The van der Waals surface area contributed by atoms with Crippen molar-refractivity contribution in [3.05, 3.63) is 0 Å². The lowest BCUT2D eigenvalue weighted by atomic mass is 10.0. The molecule has 1 fully saturated rings. The summed E-state index contributed by atoms with van der Waals surface area (Å²) in [5.74, 6) is -4.94. The maximum Gasteiger partial charge on any atom is 0.326 e. The summed E-state index contributed by atoms with van der Waals surface area (Å²) in [7, 11) is 0. The van der Waals surface area contributed by atoms with Crippen molar-refractivity contribution in [1.82, 2.24) is 26.2 Å². The molecule has 0 aliphatic carbocycles. The maximum atomic E-state index is 13.2. The molecule has 1 aliphatic heterocycles. The van der Waals surface area contributed by atoms with Crippen molar-refractivity contribution in [2.24, 2.45) is 17.4 Å². The number of nitrogens with two attached hydrogens (primary N) is 2. The number of nitrogens with one attached hydrogen (secondary N) is 4. The number of hydrogen-bond donors (Lipinski definition) is 9. The van der Waals surface area contributed by atoms with Crippen LogP contribution in [0.15, 0.2) is 0 Å². The second-order valence-electron chi connectivity index (χ2n) is 10.4. The molecule has 1 heterocycles. The van der Waals surface area contributed by atoms with Gasteiger partial charge < -0.3 is 47.8 Å². The van der Waals surface area contributed by atoms with Gasteiger partial charge in [0.05, 0.1) is 12.6 Å². The Hall–Kier alpha value is -2.95. The van der Waals surface area contributed by atoms with Crippen LogP contribution in [-0.4, -0.2) is 112 Å². The van der Waals surface area contributed by atoms with Crippen LogP contribution in [0.4, 0.5) is 0 Å². The van der Waals surface area contributed by atoms with E-state index < -0.39 is 84.3 Å². The molecule has 0 unspecified atom stereocenters. The first-order valence-corrected chi connectivity index (χ1v) is 14.3. The third-order valence-electron chi connectivity index (χ3n) is 6.73. The highest BCUT2D eigenvalue weighted by Crippen LogP contribution is 2.19. The van der Waals surface area contributed by atoms with Gasteiger partial charge in [-0.15, -0.1) is 0 Å². The number of rotatable bonds is 17. The Morgan fingerprint density at radius 2 is 1.61 bits per heavy atom. The summed E-state index contributed by atoms with van der Waals surface area (Å²) in [4.78, 5) is 76.8. The minimum atomic E-state index is -1.37. The lowest BCUT2D eigenvalue weighted by Crippen LogP contribution is -2.60. The van der Waals surface area contributed by atoms with E-state index in [1.807, 2.05) is 0 Å². The number of aliphatic hydroxyl groups excluding tert-OH is 1. The number of carbonyl (C=O) groups excluding carboxylic acids is 5. The number of nitrogens with zero attached hydrogens (tertiary/aromatic N) is 1. The number of amides is 5. The predicted molar refractivity (Wildman–Crippen MR) is 152 cm³/mol. The van der Waals surface area contributed by atoms with Crippen LogP contribution in [0.5, 0.6) is 0 Å². The SMILES string of the molecule is CC(C)[C@H](NC(=O)[C@H](CO)NC(=O)[C@@H](N)CS)C(=O)N[C@@H](C)C(=O)N1CCC[C@H]1C(=O)N[C@@H](CCCCN)C(=O)O. The third kappa shape index (κ3) is 11.1. The van der Waals surface area contributed by atoms with E-state index in [1.165, 1.54) is 11.8 Å². The highest BCUT2D eigenvalue weighted by atomic mass is 32.1. The summed E-state index contributed by atoms with van der Waals surface area (Å²) >= 11 is 3.92. The van der Waals surface area contributed by atoms with Gasteiger partial charge >= 0.3 is 5.97 Å². The Labute approximate surface area is 245 Å². The van der Waals surface area contributed by atoms with E-state index in [9.17, 15) is 39.0 Å². The van der Waals surface area contributed by atoms with Gasteiger partial charge in [-0.3, -0.25) is 24.0 Å². The zero-order valence-corrected chi connectivity index (χ0v) is 24.7. The number of aliphatic carboxylic acids is 1. The summed E-state index contributed by atoms with van der Waals surface area (Å²) in [5, 5.41) is 28.9. The summed E-state index contributed by atoms with van der Waals surface area (Å²) < 4.78 is 0. The number of carbonyl (C=O) groups is 6. The van der Waals surface area contributed by atoms with Crippen LogP contribution in [-0.2, 0) is 28.8 Å². The molecule has 0 radical (unpaired) electrons. The van der Waals surface area contributed by atoms with Crippen LogP contribution in [0.25, 0.3) is 0 Å².